The molecule has 2 aromatic rings. The number of aryl methyl sites for hydroxylation is 1. The van der Waals surface area contributed by atoms with Crippen LogP contribution in [0.2, 0.25) is 0 Å². The standard InChI is InChI=1S/C10H14N4S/c1-14-5-4-12-10(14)9(13-11)7-8-3-2-6-15-8/h2-6,9,13H,7,11H2,1H3. The normalized spacial score (nSPS) is 12.9. The molecule has 0 fully saturated rings. The molecule has 2 rings (SSSR count). The van der Waals surface area contributed by atoms with Crippen molar-refractivity contribution in [1.29, 1.82) is 0 Å². The van der Waals surface area contributed by atoms with E-state index in [1.165, 1.54) is 4.88 Å². The first kappa shape index (κ1) is 10.4. The first-order chi connectivity index (χ1) is 7.31. The van der Waals surface area contributed by atoms with Crippen LogP contribution in [-0.4, -0.2) is 9.55 Å². The molecule has 15 heavy (non-hydrogen) atoms. The molecular formula is C10H14N4S. The average molecular weight is 222 g/mol. The number of rotatable bonds is 4. The number of thiophene rings is 1. The van der Waals surface area contributed by atoms with Gasteiger partial charge in [-0.15, -0.1) is 11.3 Å². The Balaban J connectivity index is 2.15. The quantitative estimate of drug-likeness (QED) is 0.604. The molecule has 80 valence electrons. The third-order valence-electron chi connectivity index (χ3n) is 2.36. The summed E-state index contributed by atoms with van der Waals surface area (Å²) in [6.07, 6.45) is 4.58. The monoisotopic (exact) mass is 222 g/mol. The zero-order valence-corrected chi connectivity index (χ0v) is 9.37. The van der Waals surface area contributed by atoms with E-state index in [9.17, 15) is 0 Å². The van der Waals surface area contributed by atoms with Gasteiger partial charge in [-0.2, -0.15) is 0 Å². The molecule has 0 aromatic carbocycles. The number of hydrogen-bond acceptors (Lipinski definition) is 4. The van der Waals surface area contributed by atoms with E-state index < -0.39 is 0 Å². The molecule has 5 heteroatoms. The van der Waals surface area contributed by atoms with Gasteiger partial charge in [-0.25, -0.2) is 10.4 Å². The number of hydrazine groups is 1. The number of aromatic nitrogens is 2. The van der Waals surface area contributed by atoms with Crippen LogP contribution in [0.4, 0.5) is 0 Å². The summed E-state index contributed by atoms with van der Waals surface area (Å²) in [6.45, 7) is 0. The highest BCUT2D eigenvalue weighted by Gasteiger charge is 2.14. The third-order valence-corrected chi connectivity index (χ3v) is 3.26. The van der Waals surface area contributed by atoms with Crippen LogP contribution in [0.25, 0.3) is 0 Å². The van der Waals surface area contributed by atoms with Gasteiger partial charge in [-0.1, -0.05) is 6.07 Å². The summed E-state index contributed by atoms with van der Waals surface area (Å²) in [6, 6.07) is 4.23. The average Bonchev–Trinajstić information content (AvgIpc) is 2.85. The van der Waals surface area contributed by atoms with Gasteiger partial charge in [0.2, 0.25) is 0 Å². The van der Waals surface area contributed by atoms with Gasteiger partial charge in [0, 0.05) is 30.7 Å². The van der Waals surface area contributed by atoms with Crippen LogP contribution in [-0.2, 0) is 13.5 Å². The Labute approximate surface area is 92.7 Å². The minimum Gasteiger partial charge on any atom is -0.337 e. The lowest BCUT2D eigenvalue weighted by atomic mass is 10.2. The molecule has 0 aliphatic heterocycles. The van der Waals surface area contributed by atoms with Crippen molar-refractivity contribution in [2.75, 3.05) is 0 Å². The van der Waals surface area contributed by atoms with Crippen LogP contribution in [0.15, 0.2) is 29.9 Å². The largest absolute Gasteiger partial charge is 0.337 e. The summed E-state index contributed by atoms with van der Waals surface area (Å²) in [4.78, 5) is 5.60. The number of nitrogens with zero attached hydrogens (tertiary/aromatic N) is 2. The van der Waals surface area contributed by atoms with Crippen LogP contribution in [0.3, 0.4) is 0 Å². The van der Waals surface area contributed by atoms with Crippen LogP contribution in [0.1, 0.15) is 16.7 Å². The predicted octanol–water partition coefficient (Wildman–Crippen LogP) is 1.23. The lowest BCUT2D eigenvalue weighted by molar-refractivity contribution is 0.510. The highest BCUT2D eigenvalue weighted by molar-refractivity contribution is 7.09. The molecule has 2 heterocycles. The Morgan fingerprint density at radius 3 is 3.07 bits per heavy atom. The van der Waals surface area contributed by atoms with Crippen molar-refractivity contribution in [3.05, 3.63) is 40.6 Å². The second-order valence-corrected chi connectivity index (χ2v) is 4.43. The second-order valence-electron chi connectivity index (χ2n) is 3.40. The topological polar surface area (TPSA) is 55.9 Å². The molecule has 3 N–H and O–H groups in total. The number of hydrogen-bond donors (Lipinski definition) is 2. The van der Waals surface area contributed by atoms with E-state index in [0.717, 1.165) is 12.2 Å². The summed E-state index contributed by atoms with van der Waals surface area (Å²) < 4.78 is 1.98. The summed E-state index contributed by atoms with van der Waals surface area (Å²) in [5.41, 5.74) is 2.81. The van der Waals surface area contributed by atoms with Crippen LogP contribution < -0.4 is 11.3 Å². The summed E-state index contributed by atoms with van der Waals surface area (Å²) in [7, 11) is 1.97. The molecule has 0 bridgehead atoms. The molecule has 0 saturated carbocycles. The van der Waals surface area contributed by atoms with E-state index in [2.05, 4.69) is 21.9 Å². The first-order valence-corrected chi connectivity index (χ1v) is 5.65. The van der Waals surface area contributed by atoms with Gasteiger partial charge in [-0.05, 0) is 11.4 Å². The number of nitrogens with two attached hydrogens (primary N) is 1. The van der Waals surface area contributed by atoms with Crippen LogP contribution >= 0.6 is 11.3 Å². The zero-order valence-electron chi connectivity index (χ0n) is 8.55. The van der Waals surface area contributed by atoms with Gasteiger partial charge in [-0.3, -0.25) is 5.84 Å². The smallest absolute Gasteiger partial charge is 0.127 e. The Morgan fingerprint density at radius 1 is 1.67 bits per heavy atom. The molecule has 4 nitrogen and oxygen atoms in total. The van der Waals surface area contributed by atoms with Crippen LogP contribution in [0, 0.1) is 0 Å². The van der Waals surface area contributed by atoms with Crippen molar-refractivity contribution in [2.45, 2.75) is 12.5 Å². The molecule has 0 radical (unpaired) electrons. The fraction of sp³-hybridized carbons (Fsp3) is 0.300. The third kappa shape index (κ3) is 2.26. The first-order valence-electron chi connectivity index (χ1n) is 4.77. The van der Waals surface area contributed by atoms with Crippen molar-refractivity contribution in [1.82, 2.24) is 15.0 Å². The lowest BCUT2D eigenvalue weighted by Gasteiger charge is -2.14. The fourth-order valence-corrected chi connectivity index (χ4v) is 2.32. The van der Waals surface area contributed by atoms with Gasteiger partial charge < -0.3 is 4.57 Å². The fourth-order valence-electron chi connectivity index (χ4n) is 1.57. The van der Waals surface area contributed by atoms with Crippen molar-refractivity contribution >= 4 is 11.3 Å². The van der Waals surface area contributed by atoms with Gasteiger partial charge in [0.15, 0.2) is 0 Å². The summed E-state index contributed by atoms with van der Waals surface area (Å²) in [5.74, 6) is 6.51. The van der Waals surface area contributed by atoms with E-state index in [4.69, 9.17) is 5.84 Å². The SMILES string of the molecule is Cn1ccnc1C(Cc1cccs1)NN. The van der Waals surface area contributed by atoms with E-state index in [1.54, 1.807) is 17.5 Å². The molecular weight excluding hydrogens is 208 g/mol. The lowest BCUT2D eigenvalue weighted by Crippen LogP contribution is -2.31. The van der Waals surface area contributed by atoms with E-state index in [0.29, 0.717) is 0 Å². The minimum atomic E-state index is 0.0728. The van der Waals surface area contributed by atoms with Crippen molar-refractivity contribution < 1.29 is 0 Å². The minimum absolute atomic E-state index is 0.0728. The number of imidazole rings is 1. The molecule has 0 amide bonds. The molecule has 1 atom stereocenters. The predicted molar refractivity (Wildman–Crippen MR) is 61.3 cm³/mol. The molecule has 0 aliphatic rings. The van der Waals surface area contributed by atoms with Gasteiger partial charge in [0.1, 0.15) is 5.82 Å². The Morgan fingerprint density at radius 2 is 2.53 bits per heavy atom. The molecule has 0 saturated heterocycles. The molecule has 0 aliphatic carbocycles. The van der Waals surface area contributed by atoms with E-state index in [-0.39, 0.29) is 6.04 Å². The van der Waals surface area contributed by atoms with Crippen molar-refractivity contribution in [3.8, 4) is 0 Å². The maximum Gasteiger partial charge on any atom is 0.127 e. The van der Waals surface area contributed by atoms with Crippen molar-refractivity contribution in [2.24, 2.45) is 12.9 Å². The van der Waals surface area contributed by atoms with Crippen molar-refractivity contribution in [3.63, 3.8) is 0 Å². The summed E-state index contributed by atoms with van der Waals surface area (Å²) in [5, 5.41) is 2.07. The van der Waals surface area contributed by atoms with E-state index in [1.807, 2.05) is 23.9 Å². The maximum absolute atomic E-state index is 5.55. The highest BCUT2D eigenvalue weighted by Crippen LogP contribution is 2.18. The zero-order chi connectivity index (χ0) is 10.7. The van der Waals surface area contributed by atoms with Gasteiger partial charge >= 0.3 is 0 Å². The van der Waals surface area contributed by atoms with Crippen LogP contribution in [0.5, 0.6) is 0 Å². The maximum atomic E-state index is 5.55. The number of nitrogens with one attached hydrogen (secondary N) is 1. The summed E-state index contributed by atoms with van der Waals surface area (Å²) >= 11 is 1.74. The second kappa shape index (κ2) is 4.57. The molecule has 0 spiro atoms. The molecule has 2 aromatic heterocycles. The Bertz CT molecular complexity index is 407. The van der Waals surface area contributed by atoms with E-state index >= 15 is 0 Å². The van der Waals surface area contributed by atoms with Gasteiger partial charge in [0.25, 0.3) is 0 Å². The molecule has 1 unspecified atom stereocenters. The Hall–Kier alpha value is -1.17. The highest BCUT2D eigenvalue weighted by atomic mass is 32.1. The Kier molecular flexibility index (Phi) is 3.15. The van der Waals surface area contributed by atoms with Gasteiger partial charge in [0.05, 0.1) is 6.04 Å².